The Balaban J connectivity index is 1.57. The van der Waals surface area contributed by atoms with Crippen molar-refractivity contribution in [3.63, 3.8) is 0 Å². The summed E-state index contributed by atoms with van der Waals surface area (Å²) in [5.74, 6) is -0.928. The van der Waals surface area contributed by atoms with Crippen LogP contribution in [0.4, 0.5) is 0 Å². The molecule has 2 heterocycles. The van der Waals surface area contributed by atoms with Gasteiger partial charge in [-0.3, -0.25) is 9.59 Å². The van der Waals surface area contributed by atoms with E-state index >= 15 is 0 Å². The number of aliphatic hydroxyl groups excluding tert-OH is 1. The fourth-order valence-corrected chi connectivity index (χ4v) is 5.04. The number of amides is 1. The molecule has 1 aliphatic rings. The van der Waals surface area contributed by atoms with Crippen LogP contribution in [0.2, 0.25) is 0 Å². The number of phenols is 1. The van der Waals surface area contributed by atoms with Gasteiger partial charge in [-0.05, 0) is 73.9 Å². The maximum absolute atomic E-state index is 13.4. The highest BCUT2D eigenvalue weighted by Crippen LogP contribution is 2.42. The Morgan fingerprint density at radius 2 is 1.72 bits per heavy atom. The minimum Gasteiger partial charge on any atom is -0.507 e. The number of likely N-dealkylation sites (tertiary alicyclic amines) is 1. The number of ketones is 1. The third kappa shape index (κ3) is 4.93. The van der Waals surface area contributed by atoms with Crippen molar-refractivity contribution in [1.29, 1.82) is 0 Å². The van der Waals surface area contributed by atoms with E-state index in [2.05, 4.69) is 4.98 Å². The topological polar surface area (TPSA) is 112 Å². The minimum absolute atomic E-state index is 0.0174. The van der Waals surface area contributed by atoms with Gasteiger partial charge in [0.1, 0.15) is 11.5 Å². The molecule has 0 spiro atoms. The van der Waals surface area contributed by atoms with Crippen molar-refractivity contribution in [2.24, 2.45) is 0 Å². The van der Waals surface area contributed by atoms with Gasteiger partial charge in [0.15, 0.2) is 11.5 Å². The molecule has 1 saturated heterocycles. The van der Waals surface area contributed by atoms with Crippen LogP contribution in [0.1, 0.15) is 36.6 Å². The molecule has 39 heavy (non-hydrogen) atoms. The lowest BCUT2D eigenvalue weighted by Crippen LogP contribution is -2.31. The number of benzene rings is 3. The van der Waals surface area contributed by atoms with E-state index in [1.165, 1.54) is 11.0 Å². The number of carbonyl (C=O) groups is 2. The van der Waals surface area contributed by atoms with Crippen molar-refractivity contribution in [2.75, 3.05) is 19.8 Å². The molecule has 200 valence electrons. The molecule has 0 radical (unpaired) electrons. The predicted molar refractivity (Wildman–Crippen MR) is 148 cm³/mol. The van der Waals surface area contributed by atoms with Gasteiger partial charge in [0.25, 0.3) is 11.7 Å². The van der Waals surface area contributed by atoms with Crippen LogP contribution in [0, 0.1) is 0 Å². The summed E-state index contributed by atoms with van der Waals surface area (Å²) in [5.41, 5.74) is 2.92. The maximum Gasteiger partial charge on any atom is 0.295 e. The lowest BCUT2D eigenvalue weighted by Gasteiger charge is -2.26. The lowest BCUT2D eigenvalue weighted by atomic mass is 9.94. The molecule has 3 aromatic carbocycles. The molecule has 1 fully saturated rings. The second kappa shape index (κ2) is 10.9. The Hall–Kier alpha value is -4.72. The molecule has 1 aromatic heterocycles. The van der Waals surface area contributed by atoms with E-state index < -0.39 is 17.7 Å². The summed E-state index contributed by atoms with van der Waals surface area (Å²) >= 11 is 0. The smallest absolute Gasteiger partial charge is 0.295 e. The average Bonchev–Trinajstić information content (AvgIpc) is 3.47. The third-order valence-electron chi connectivity index (χ3n) is 6.88. The second-order valence-corrected chi connectivity index (χ2v) is 9.22. The normalized spacial score (nSPS) is 16.7. The SMILES string of the molecule is CCOc1ccc(C(O)=C2C(=O)C(=O)N(CCc3c[nH]c4ccccc34)C2c2ccc(O)c(OCC)c2)cc1. The molecule has 8 heteroatoms. The number of aliphatic hydroxyl groups is 1. The molecule has 0 saturated carbocycles. The van der Waals surface area contributed by atoms with Crippen molar-refractivity contribution < 1.29 is 29.3 Å². The zero-order valence-corrected chi connectivity index (χ0v) is 21.8. The zero-order chi connectivity index (χ0) is 27.5. The van der Waals surface area contributed by atoms with E-state index in [1.54, 1.807) is 43.3 Å². The number of para-hydroxylation sites is 1. The Morgan fingerprint density at radius 3 is 2.46 bits per heavy atom. The van der Waals surface area contributed by atoms with Crippen LogP contribution in [-0.4, -0.2) is 51.5 Å². The summed E-state index contributed by atoms with van der Waals surface area (Å²) < 4.78 is 11.1. The molecule has 1 amide bonds. The number of hydrogen-bond acceptors (Lipinski definition) is 6. The molecule has 1 atom stereocenters. The molecule has 1 aliphatic heterocycles. The standard InChI is InChI=1S/C31H30N2O6/c1-3-38-22-12-9-19(10-13-22)29(35)27-28(20-11-14-25(34)26(17-20)39-4-2)33(31(37)30(27)36)16-15-21-18-32-24-8-6-5-7-23(21)24/h5-14,17-18,28,32,34-35H,3-4,15-16H2,1-2H3. The number of fused-ring (bicyclic) bond motifs is 1. The number of H-pyrrole nitrogens is 1. The van der Waals surface area contributed by atoms with Crippen LogP contribution in [0.3, 0.4) is 0 Å². The van der Waals surface area contributed by atoms with Crippen molar-refractivity contribution >= 4 is 28.4 Å². The largest absolute Gasteiger partial charge is 0.507 e. The van der Waals surface area contributed by atoms with Crippen molar-refractivity contribution in [3.05, 3.63) is 95.2 Å². The summed E-state index contributed by atoms with van der Waals surface area (Å²) in [4.78, 5) is 31.5. The Labute approximate surface area is 226 Å². The first-order chi connectivity index (χ1) is 18.9. The number of phenolic OH excluding ortho intramolecular Hbond substituents is 1. The number of rotatable bonds is 9. The fraction of sp³-hybridized carbons (Fsp3) is 0.226. The van der Waals surface area contributed by atoms with Gasteiger partial charge in [-0.25, -0.2) is 0 Å². The van der Waals surface area contributed by atoms with Gasteiger partial charge >= 0.3 is 0 Å². The quantitative estimate of drug-likeness (QED) is 0.154. The molecular weight excluding hydrogens is 496 g/mol. The van der Waals surface area contributed by atoms with E-state index in [0.29, 0.717) is 36.5 Å². The van der Waals surface area contributed by atoms with Gasteiger partial charge in [0.2, 0.25) is 0 Å². The molecule has 4 aromatic rings. The molecule has 0 bridgehead atoms. The van der Waals surface area contributed by atoms with E-state index in [1.807, 2.05) is 37.4 Å². The molecule has 1 unspecified atom stereocenters. The Bertz CT molecular complexity index is 1550. The fourth-order valence-electron chi connectivity index (χ4n) is 5.04. The van der Waals surface area contributed by atoms with Crippen LogP contribution in [0.25, 0.3) is 16.7 Å². The molecule has 5 rings (SSSR count). The first-order valence-corrected chi connectivity index (χ1v) is 12.9. The monoisotopic (exact) mass is 526 g/mol. The van der Waals surface area contributed by atoms with Crippen LogP contribution >= 0.6 is 0 Å². The highest BCUT2D eigenvalue weighted by atomic mass is 16.5. The van der Waals surface area contributed by atoms with Crippen molar-refractivity contribution in [3.8, 4) is 17.2 Å². The second-order valence-electron chi connectivity index (χ2n) is 9.22. The summed E-state index contributed by atoms with van der Waals surface area (Å²) in [5, 5.41) is 22.7. The van der Waals surface area contributed by atoms with Crippen LogP contribution < -0.4 is 9.47 Å². The third-order valence-corrected chi connectivity index (χ3v) is 6.88. The van der Waals surface area contributed by atoms with Crippen molar-refractivity contribution in [1.82, 2.24) is 9.88 Å². The van der Waals surface area contributed by atoms with Gasteiger partial charge in [-0.1, -0.05) is 24.3 Å². The van der Waals surface area contributed by atoms with E-state index in [4.69, 9.17) is 9.47 Å². The number of carbonyl (C=O) groups excluding carboxylic acids is 2. The number of nitrogens with zero attached hydrogens (tertiary/aromatic N) is 1. The summed E-state index contributed by atoms with van der Waals surface area (Å²) in [6.45, 7) is 4.73. The first kappa shape index (κ1) is 25.9. The summed E-state index contributed by atoms with van der Waals surface area (Å²) in [7, 11) is 0. The predicted octanol–water partition coefficient (Wildman–Crippen LogP) is 5.34. The zero-order valence-electron chi connectivity index (χ0n) is 21.8. The van der Waals surface area contributed by atoms with E-state index in [0.717, 1.165) is 16.5 Å². The average molecular weight is 527 g/mol. The Morgan fingerprint density at radius 1 is 0.974 bits per heavy atom. The molecule has 0 aliphatic carbocycles. The lowest BCUT2D eigenvalue weighted by molar-refractivity contribution is -0.139. The van der Waals surface area contributed by atoms with Crippen molar-refractivity contribution in [2.45, 2.75) is 26.3 Å². The minimum atomic E-state index is -0.874. The summed E-state index contributed by atoms with van der Waals surface area (Å²) in [6.07, 6.45) is 2.40. The van der Waals surface area contributed by atoms with E-state index in [-0.39, 0.29) is 29.4 Å². The number of aromatic amines is 1. The Kier molecular flexibility index (Phi) is 7.27. The van der Waals surface area contributed by atoms with Gasteiger partial charge in [0.05, 0.1) is 24.8 Å². The highest BCUT2D eigenvalue weighted by molar-refractivity contribution is 6.46. The van der Waals surface area contributed by atoms with Gasteiger partial charge in [0, 0.05) is 29.2 Å². The molecule has 3 N–H and O–H groups in total. The van der Waals surface area contributed by atoms with Crippen LogP contribution in [-0.2, 0) is 16.0 Å². The number of hydrogen-bond donors (Lipinski definition) is 3. The highest BCUT2D eigenvalue weighted by Gasteiger charge is 2.46. The number of aromatic nitrogens is 1. The number of ether oxygens (including phenoxy) is 2. The maximum atomic E-state index is 13.4. The molecule has 8 nitrogen and oxygen atoms in total. The van der Waals surface area contributed by atoms with Crippen LogP contribution in [0.15, 0.2) is 78.5 Å². The van der Waals surface area contributed by atoms with Gasteiger partial charge < -0.3 is 29.6 Å². The first-order valence-electron chi connectivity index (χ1n) is 12.9. The number of aromatic hydroxyl groups is 1. The van der Waals surface area contributed by atoms with Gasteiger partial charge in [-0.2, -0.15) is 0 Å². The van der Waals surface area contributed by atoms with Crippen LogP contribution in [0.5, 0.6) is 17.2 Å². The summed E-state index contributed by atoms with van der Waals surface area (Å²) in [6, 6.07) is 18.4. The number of nitrogens with one attached hydrogen (secondary N) is 1. The number of Topliss-reactive ketones (excluding diaryl/α,β-unsaturated/α-hetero) is 1. The molecular formula is C31H30N2O6. The van der Waals surface area contributed by atoms with Gasteiger partial charge in [-0.15, -0.1) is 0 Å². The van der Waals surface area contributed by atoms with E-state index in [9.17, 15) is 19.8 Å².